The highest BCUT2D eigenvalue weighted by atomic mass is 15.2. The van der Waals surface area contributed by atoms with Gasteiger partial charge in [-0.05, 0) is 55.8 Å². The first-order valence-corrected chi connectivity index (χ1v) is 7.49. The van der Waals surface area contributed by atoms with E-state index >= 15 is 0 Å². The Morgan fingerprint density at radius 3 is 2.39 bits per heavy atom. The van der Waals surface area contributed by atoms with Crippen molar-refractivity contribution >= 4 is 0 Å². The molecule has 4 fully saturated rings. The molecule has 1 aromatic heterocycles. The summed E-state index contributed by atoms with van der Waals surface area (Å²) in [6.07, 6.45) is 11.7. The molecule has 1 N–H and O–H groups in total. The molecule has 98 valence electrons. The molecule has 0 radical (unpaired) electrons. The van der Waals surface area contributed by atoms with Crippen LogP contribution in [0.3, 0.4) is 0 Å². The van der Waals surface area contributed by atoms with Gasteiger partial charge in [-0.25, -0.2) is 0 Å². The van der Waals surface area contributed by atoms with Crippen molar-refractivity contribution in [2.24, 2.45) is 30.7 Å². The van der Waals surface area contributed by atoms with Crippen molar-refractivity contribution in [2.75, 3.05) is 0 Å². The van der Waals surface area contributed by atoms with Gasteiger partial charge >= 0.3 is 0 Å². The van der Waals surface area contributed by atoms with Gasteiger partial charge in [0.1, 0.15) is 0 Å². The molecule has 4 saturated carbocycles. The fourth-order valence-electron chi connectivity index (χ4n) is 5.06. The highest BCUT2D eigenvalue weighted by Crippen LogP contribution is 2.53. The quantitative estimate of drug-likeness (QED) is 0.886. The first kappa shape index (κ1) is 11.0. The maximum atomic E-state index is 4.25. The molecule has 0 saturated heterocycles. The Hall–Kier alpha value is -0.830. The number of nitrogens with zero attached hydrogens (tertiary/aromatic N) is 2. The molecular formula is C15H23N3. The summed E-state index contributed by atoms with van der Waals surface area (Å²) in [5, 5.41) is 8.09. The Kier molecular flexibility index (Phi) is 2.51. The second-order valence-electron chi connectivity index (χ2n) is 6.86. The van der Waals surface area contributed by atoms with E-state index in [0.29, 0.717) is 0 Å². The van der Waals surface area contributed by atoms with E-state index in [9.17, 15) is 0 Å². The van der Waals surface area contributed by atoms with Crippen LogP contribution < -0.4 is 5.32 Å². The molecule has 1 heterocycles. The summed E-state index contributed by atoms with van der Waals surface area (Å²) in [5.74, 6) is 4.09. The Bertz CT molecular complexity index is 409. The van der Waals surface area contributed by atoms with Gasteiger partial charge in [0.25, 0.3) is 0 Å². The molecule has 4 aliphatic carbocycles. The summed E-state index contributed by atoms with van der Waals surface area (Å²) in [6, 6.07) is 0.790. The zero-order chi connectivity index (χ0) is 12.1. The lowest BCUT2D eigenvalue weighted by atomic mass is 9.54. The topological polar surface area (TPSA) is 29.9 Å². The van der Waals surface area contributed by atoms with Gasteiger partial charge in [0, 0.05) is 31.4 Å². The standard InChI is InChI=1S/C15H23N3/c1-18-9-12(8-17-18)7-16-15-13-3-10-2-11(5-13)6-14(15)4-10/h8-11,13-16H,2-7H2,1H3. The minimum absolute atomic E-state index is 0.790. The lowest BCUT2D eigenvalue weighted by Gasteiger charge is -2.54. The monoisotopic (exact) mass is 245 g/mol. The average Bonchev–Trinajstić information content (AvgIpc) is 2.73. The van der Waals surface area contributed by atoms with Gasteiger partial charge in [-0.2, -0.15) is 5.10 Å². The Labute approximate surface area is 109 Å². The van der Waals surface area contributed by atoms with E-state index in [1.54, 1.807) is 6.42 Å². The van der Waals surface area contributed by atoms with Crippen LogP contribution in [0.4, 0.5) is 0 Å². The van der Waals surface area contributed by atoms with Gasteiger partial charge in [0.15, 0.2) is 0 Å². The van der Waals surface area contributed by atoms with Crippen molar-refractivity contribution in [3.63, 3.8) is 0 Å². The van der Waals surface area contributed by atoms with E-state index in [4.69, 9.17) is 0 Å². The van der Waals surface area contributed by atoms with Gasteiger partial charge in [-0.15, -0.1) is 0 Å². The van der Waals surface area contributed by atoms with Crippen LogP contribution in [0.25, 0.3) is 0 Å². The van der Waals surface area contributed by atoms with Crippen molar-refractivity contribution in [1.82, 2.24) is 15.1 Å². The lowest BCUT2D eigenvalue weighted by Crippen LogP contribution is -2.54. The third-order valence-electron chi connectivity index (χ3n) is 5.53. The highest BCUT2D eigenvalue weighted by Gasteiger charge is 2.47. The van der Waals surface area contributed by atoms with Gasteiger partial charge in [-0.1, -0.05) is 0 Å². The van der Waals surface area contributed by atoms with E-state index in [1.807, 2.05) is 17.9 Å². The van der Waals surface area contributed by atoms with Crippen LogP contribution >= 0.6 is 0 Å². The second kappa shape index (κ2) is 4.09. The lowest BCUT2D eigenvalue weighted by molar-refractivity contribution is -0.0142. The van der Waals surface area contributed by atoms with Crippen LogP contribution in [0, 0.1) is 23.7 Å². The molecule has 0 unspecified atom stereocenters. The van der Waals surface area contributed by atoms with E-state index in [-0.39, 0.29) is 0 Å². The number of nitrogens with one attached hydrogen (secondary N) is 1. The third-order valence-corrected chi connectivity index (χ3v) is 5.53. The Morgan fingerprint density at radius 2 is 1.83 bits per heavy atom. The van der Waals surface area contributed by atoms with E-state index < -0.39 is 0 Å². The first-order valence-electron chi connectivity index (χ1n) is 7.49. The van der Waals surface area contributed by atoms with Crippen LogP contribution in [0.5, 0.6) is 0 Å². The predicted octanol–water partition coefficient (Wildman–Crippen LogP) is 2.33. The van der Waals surface area contributed by atoms with Crippen LogP contribution in [0.2, 0.25) is 0 Å². The predicted molar refractivity (Wildman–Crippen MR) is 70.9 cm³/mol. The third kappa shape index (κ3) is 1.80. The summed E-state index contributed by atoms with van der Waals surface area (Å²) >= 11 is 0. The fourth-order valence-corrected chi connectivity index (χ4v) is 5.06. The van der Waals surface area contributed by atoms with Crippen LogP contribution in [-0.4, -0.2) is 15.8 Å². The molecule has 0 amide bonds. The molecule has 0 aromatic carbocycles. The van der Waals surface area contributed by atoms with Crippen LogP contribution in [0.15, 0.2) is 12.4 Å². The molecule has 0 aliphatic heterocycles. The van der Waals surface area contributed by atoms with Crippen molar-refractivity contribution in [3.05, 3.63) is 18.0 Å². The van der Waals surface area contributed by atoms with E-state index in [0.717, 1.165) is 36.3 Å². The van der Waals surface area contributed by atoms with Crippen molar-refractivity contribution in [3.8, 4) is 0 Å². The number of hydrogen-bond acceptors (Lipinski definition) is 2. The Balaban J connectivity index is 1.43. The summed E-state index contributed by atoms with van der Waals surface area (Å²) in [7, 11) is 1.99. The molecule has 0 spiro atoms. The summed E-state index contributed by atoms with van der Waals surface area (Å²) < 4.78 is 1.90. The number of aryl methyl sites for hydroxylation is 1. The van der Waals surface area contributed by atoms with Crippen molar-refractivity contribution in [2.45, 2.75) is 44.7 Å². The van der Waals surface area contributed by atoms with Gasteiger partial charge in [-0.3, -0.25) is 4.68 Å². The Morgan fingerprint density at radius 1 is 1.17 bits per heavy atom. The largest absolute Gasteiger partial charge is 0.309 e. The average molecular weight is 245 g/mol. The highest BCUT2D eigenvalue weighted by molar-refractivity contribution is 5.06. The molecule has 4 bridgehead atoms. The SMILES string of the molecule is Cn1cc(CNC2C3CC4CC(C3)CC2C4)cn1. The molecule has 3 heteroatoms. The molecule has 3 nitrogen and oxygen atoms in total. The minimum Gasteiger partial charge on any atom is -0.309 e. The van der Waals surface area contributed by atoms with Gasteiger partial charge < -0.3 is 5.32 Å². The maximum absolute atomic E-state index is 4.25. The maximum Gasteiger partial charge on any atom is 0.0534 e. The number of hydrogen-bond donors (Lipinski definition) is 1. The van der Waals surface area contributed by atoms with Crippen molar-refractivity contribution in [1.29, 1.82) is 0 Å². The molecule has 5 rings (SSSR count). The smallest absolute Gasteiger partial charge is 0.0534 e. The van der Waals surface area contributed by atoms with E-state index in [1.165, 1.54) is 31.2 Å². The number of rotatable bonds is 3. The molecular weight excluding hydrogens is 222 g/mol. The molecule has 1 aromatic rings. The fraction of sp³-hybridized carbons (Fsp3) is 0.800. The van der Waals surface area contributed by atoms with Crippen LogP contribution in [-0.2, 0) is 13.6 Å². The summed E-state index contributed by atoms with van der Waals surface area (Å²) in [5.41, 5.74) is 1.33. The van der Waals surface area contributed by atoms with Gasteiger partial charge in [0.2, 0.25) is 0 Å². The second-order valence-corrected chi connectivity index (χ2v) is 6.86. The van der Waals surface area contributed by atoms with Gasteiger partial charge in [0.05, 0.1) is 6.20 Å². The zero-order valence-electron chi connectivity index (χ0n) is 11.2. The minimum atomic E-state index is 0.790. The van der Waals surface area contributed by atoms with Crippen molar-refractivity contribution < 1.29 is 0 Å². The number of aromatic nitrogens is 2. The molecule has 0 atom stereocenters. The zero-order valence-corrected chi connectivity index (χ0v) is 11.2. The van der Waals surface area contributed by atoms with E-state index in [2.05, 4.69) is 16.6 Å². The molecule has 4 aliphatic rings. The first-order chi connectivity index (χ1) is 8.78. The normalized spacial score (nSPS) is 41.5. The summed E-state index contributed by atoms with van der Waals surface area (Å²) in [6.45, 7) is 1.00. The van der Waals surface area contributed by atoms with Crippen LogP contribution in [0.1, 0.15) is 37.7 Å². The summed E-state index contributed by atoms with van der Waals surface area (Å²) in [4.78, 5) is 0. The molecule has 18 heavy (non-hydrogen) atoms.